The predicted octanol–water partition coefficient (Wildman–Crippen LogP) is 1.67. The molecule has 4 nitrogen and oxygen atoms in total. The number of hydrogen-bond acceptors (Lipinski definition) is 3. The molecule has 1 rings (SSSR count). The minimum Gasteiger partial charge on any atom is -0.315 e. The fourth-order valence-corrected chi connectivity index (χ4v) is 2.58. The van der Waals surface area contributed by atoms with Gasteiger partial charge in [0.2, 0.25) is 0 Å². The number of rotatable bonds is 7. The zero-order valence-corrected chi connectivity index (χ0v) is 12.7. The number of hydrogen-bond donors (Lipinski definition) is 1. The summed E-state index contributed by atoms with van der Waals surface area (Å²) in [6.07, 6.45) is 5.19. The minimum atomic E-state index is 0.188. The van der Waals surface area contributed by atoms with Crippen molar-refractivity contribution in [3.8, 4) is 0 Å². The zero-order chi connectivity index (χ0) is 13.8. The lowest BCUT2D eigenvalue weighted by atomic mass is 9.85. The second kappa shape index (κ2) is 6.34. The van der Waals surface area contributed by atoms with Crippen molar-refractivity contribution < 1.29 is 0 Å². The molecule has 0 aliphatic heterocycles. The third-order valence-corrected chi connectivity index (χ3v) is 4.45. The summed E-state index contributed by atoms with van der Waals surface area (Å²) in [5.74, 6) is 0. The quantitative estimate of drug-likeness (QED) is 0.801. The molecule has 0 fully saturated rings. The monoisotopic (exact) mass is 252 g/mol. The van der Waals surface area contributed by atoms with Crippen LogP contribution >= 0.6 is 0 Å². The van der Waals surface area contributed by atoms with Crippen LogP contribution in [0.4, 0.5) is 0 Å². The van der Waals surface area contributed by atoms with Gasteiger partial charge in [-0.1, -0.05) is 6.92 Å². The van der Waals surface area contributed by atoms with Crippen molar-refractivity contribution in [3.63, 3.8) is 0 Å². The first-order chi connectivity index (χ1) is 8.45. The summed E-state index contributed by atoms with van der Waals surface area (Å²) in [7, 11) is 8.40. The Kier molecular flexibility index (Phi) is 5.35. The van der Waals surface area contributed by atoms with Crippen LogP contribution in [0.3, 0.4) is 0 Å². The molecule has 0 aliphatic rings. The van der Waals surface area contributed by atoms with Gasteiger partial charge in [0.05, 0.1) is 0 Å². The van der Waals surface area contributed by atoms with Crippen molar-refractivity contribution in [1.82, 2.24) is 20.0 Å². The van der Waals surface area contributed by atoms with Crippen molar-refractivity contribution in [2.75, 3.05) is 21.1 Å². The van der Waals surface area contributed by atoms with Gasteiger partial charge in [-0.3, -0.25) is 4.68 Å². The molecule has 0 aliphatic carbocycles. The van der Waals surface area contributed by atoms with E-state index in [1.807, 2.05) is 17.9 Å². The van der Waals surface area contributed by atoms with Gasteiger partial charge in [-0.15, -0.1) is 0 Å². The molecule has 2 unspecified atom stereocenters. The first-order valence-electron chi connectivity index (χ1n) is 6.77. The van der Waals surface area contributed by atoms with Crippen LogP contribution < -0.4 is 5.32 Å². The highest BCUT2D eigenvalue weighted by Crippen LogP contribution is 2.24. The van der Waals surface area contributed by atoms with Gasteiger partial charge in [0.1, 0.15) is 0 Å². The molecular formula is C14H28N4. The van der Waals surface area contributed by atoms with E-state index in [0.29, 0.717) is 6.04 Å². The summed E-state index contributed by atoms with van der Waals surface area (Å²) in [6, 6.07) is 2.58. The minimum absolute atomic E-state index is 0.188. The average molecular weight is 252 g/mol. The van der Waals surface area contributed by atoms with Crippen LogP contribution in [0.1, 0.15) is 32.4 Å². The van der Waals surface area contributed by atoms with E-state index >= 15 is 0 Å². The van der Waals surface area contributed by atoms with Crippen LogP contribution in [0.15, 0.2) is 12.3 Å². The Morgan fingerprint density at radius 1 is 1.50 bits per heavy atom. The Morgan fingerprint density at radius 2 is 2.17 bits per heavy atom. The van der Waals surface area contributed by atoms with Gasteiger partial charge in [0.15, 0.2) is 0 Å². The van der Waals surface area contributed by atoms with Crippen molar-refractivity contribution in [2.45, 2.75) is 44.7 Å². The van der Waals surface area contributed by atoms with Gasteiger partial charge in [-0.2, -0.15) is 5.10 Å². The number of nitrogens with one attached hydrogen (secondary N) is 1. The number of likely N-dealkylation sites (N-methyl/N-ethyl adjacent to an activating group) is 2. The molecule has 18 heavy (non-hydrogen) atoms. The van der Waals surface area contributed by atoms with Gasteiger partial charge in [0.25, 0.3) is 0 Å². The van der Waals surface area contributed by atoms with E-state index in [2.05, 4.69) is 56.4 Å². The summed E-state index contributed by atoms with van der Waals surface area (Å²) in [5, 5.41) is 7.71. The van der Waals surface area contributed by atoms with Crippen LogP contribution in [0, 0.1) is 0 Å². The fourth-order valence-electron chi connectivity index (χ4n) is 2.58. The molecule has 2 atom stereocenters. The topological polar surface area (TPSA) is 33.1 Å². The van der Waals surface area contributed by atoms with Gasteiger partial charge >= 0.3 is 0 Å². The lowest BCUT2D eigenvalue weighted by Gasteiger charge is -2.42. The highest BCUT2D eigenvalue weighted by atomic mass is 15.3. The van der Waals surface area contributed by atoms with Crippen LogP contribution in [0.25, 0.3) is 0 Å². The fraction of sp³-hybridized carbons (Fsp3) is 0.786. The van der Waals surface area contributed by atoms with E-state index in [9.17, 15) is 0 Å². The van der Waals surface area contributed by atoms with E-state index in [1.165, 1.54) is 5.69 Å². The van der Waals surface area contributed by atoms with Gasteiger partial charge in [-0.25, -0.2) is 0 Å². The Morgan fingerprint density at radius 3 is 2.56 bits per heavy atom. The summed E-state index contributed by atoms with van der Waals surface area (Å²) < 4.78 is 1.96. The zero-order valence-electron chi connectivity index (χ0n) is 12.7. The average Bonchev–Trinajstić information content (AvgIpc) is 2.75. The van der Waals surface area contributed by atoms with Crippen LogP contribution in [-0.4, -0.2) is 47.4 Å². The van der Waals surface area contributed by atoms with Gasteiger partial charge in [0, 0.05) is 30.5 Å². The molecule has 0 amide bonds. The van der Waals surface area contributed by atoms with E-state index in [-0.39, 0.29) is 5.54 Å². The SMILES string of the molecule is CCC(C)(C(CCc1ccnn1C)NC)N(C)C. The Labute approximate surface area is 111 Å². The molecule has 0 bridgehead atoms. The van der Waals surface area contributed by atoms with E-state index in [1.54, 1.807) is 0 Å². The number of aromatic nitrogens is 2. The second-order valence-electron chi connectivity index (χ2n) is 5.43. The maximum atomic E-state index is 4.22. The lowest BCUT2D eigenvalue weighted by molar-refractivity contribution is 0.112. The molecular weight excluding hydrogens is 224 g/mol. The van der Waals surface area contributed by atoms with E-state index in [4.69, 9.17) is 0 Å². The Bertz CT molecular complexity index is 358. The Hall–Kier alpha value is -0.870. The smallest absolute Gasteiger partial charge is 0.0492 e. The van der Waals surface area contributed by atoms with E-state index < -0.39 is 0 Å². The lowest BCUT2D eigenvalue weighted by Crippen LogP contribution is -2.56. The predicted molar refractivity (Wildman–Crippen MR) is 76.8 cm³/mol. The highest BCUT2D eigenvalue weighted by Gasteiger charge is 2.33. The highest BCUT2D eigenvalue weighted by molar-refractivity contribution is 5.02. The molecule has 0 radical (unpaired) electrons. The largest absolute Gasteiger partial charge is 0.315 e. The van der Waals surface area contributed by atoms with Crippen molar-refractivity contribution in [2.24, 2.45) is 7.05 Å². The third-order valence-electron chi connectivity index (χ3n) is 4.45. The summed E-state index contributed by atoms with van der Waals surface area (Å²) in [6.45, 7) is 4.59. The summed E-state index contributed by atoms with van der Waals surface area (Å²) >= 11 is 0. The summed E-state index contributed by atoms with van der Waals surface area (Å²) in [4.78, 5) is 2.33. The van der Waals surface area contributed by atoms with Crippen LogP contribution in [0.2, 0.25) is 0 Å². The van der Waals surface area contributed by atoms with Crippen molar-refractivity contribution in [3.05, 3.63) is 18.0 Å². The summed E-state index contributed by atoms with van der Waals surface area (Å²) in [5.41, 5.74) is 1.49. The van der Waals surface area contributed by atoms with Crippen molar-refractivity contribution >= 4 is 0 Å². The van der Waals surface area contributed by atoms with Gasteiger partial charge < -0.3 is 10.2 Å². The van der Waals surface area contributed by atoms with Crippen molar-refractivity contribution in [1.29, 1.82) is 0 Å². The molecule has 4 heteroatoms. The standard InChI is InChI=1S/C14H28N4/c1-7-14(2,17(4)5)13(15-3)9-8-12-10-11-16-18(12)6/h10-11,13,15H,7-9H2,1-6H3. The molecule has 0 spiro atoms. The maximum absolute atomic E-state index is 4.22. The normalized spacial score (nSPS) is 16.8. The van der Waals surface area contributed by atoms with E-state index in [0.717, 1.165) is 19.3 Å². The first-order valence-corrected chi connectivity index (χ1v) is 6.77. The molecule has 1 N–H and O–H groups in total. The third kappa shape index (κ3) is 3.12. The molecule has 1 heterocycles. The Balaban J connectivity index is 2.70. The first kappa shape index (κ1) is 15.2. The maximum Gasteiger partial charge on any atom is 0.0492 e. The molecule has 0 saturated carbocycles. The number of aryl methyl sites for hydroxylation is 2. The molecule has 1 aromatic rings. The molecule has 0 saturated heterocycles. The molecule has 0 aromatic carbocycles. The number of nitrogens with zero attached hydrogens (tertiary/aromatic N) is 3. The van der Waals surface area contributed by atoms with Crippen LogP contribution in [0.5, 0.6) is 0 Å². The van der Waals surface area contributed by atoms with Gasteiger partial charge in [-0.05, 0) is 53.4 Å². The molecule has 104 valence electrons. The molecule has 1 aromatic heterocycles. The van der Waals surface area contributed by atoms with Crippen LogP contribution in [-0.2, 0) is 13.5 Å². The second-order valence-corrected chi connectivity index (χ2v) is 5.43.